The smallest absolute Gasteiger partial charge is 0.139 e. The Morgan fingerprint density at radius 3 is 2.65 bits per heavy atom. The number of hydrogen-bond acceptors (Lipinski definition) is 1. The molecule has 2 rings (SSSR count). The molecule has 0 spiro atoms. The van der Waals surface area contributed by atoms with E-state index in [4.69, 9.17) is 11.6 Å². The summed E-state index contributed by atoms with van der Waals surface area (Å²) in [5, 5.41) is 0. The van der Waals surface area contributed by atoms with Crippen molar-refractivity contribution in [3.8, 4) is 0 Å². The first-order chi connectivity index (χ1) is 9.31. The molecule has 0 fully saturated rings. The van der Waals surface area contributed by atoms with E-state index in [1.54, 1.807) is 6.07 Å². The lowest BCUT2D eigenvalue weighted by molar-refractivity contribution is 0.350. The van der Waals surface area contributed by atoms with Crippen LogP contribution < -0.4 is 0 Å². The van der Waals surface area contributed by atoms with Crippen LogP contribution in [0.25, 0.3) is 11.0 Å². The van der Waals surface area contributed by atoms with Gasteiger partial charge in [0.2, 0.25) is 0 Å². The van der Waals surface area contributed by atoms with Gasteiger partial charge in [-0.3, -0.25) is 0 Å². The molecule has 1 aromatic carbocycles. The summed E-state index contributed by atoms with van der Waals surface area (Å²) < 4.78 is 16.3. The Kier molecular flexibility index (Phi) is 4.75. The molecule has 0 unspecified atom stereocenters. The quantitative estimate of drug-likeness (QED) is 0.688. The van der Waals surface area contributed by atoms with Crippen molar-refractivity contribution >= 4 is 38.6 Å². The lowest BCUT2D eigenvalue weighted by Crippen LogP contribution is -2.12. The zero-order valence-corrected chi connectivity index (χ0v) is 14.4. The summed E-state index contributed by atoms with van der Waals surface area (Å²) in [5.41, 5.74) is 1.90. The van der Waals surface area contributed by atoms with Crippen molar-refractivity contribution in [2.45, 2.75) is 40.2 Å². The van der Waals surface area contributed by atoms with E-state index in [0.717, 1.165) is 24.3 Å². The molecule has 2 aromatic rings. The maximum absolute atomic E-state index is 13.6. The number of alkyl halides is 1. The summed E-state index contributed by atoms with van der Waals surface area (Å²) in [4.78, 5) is 4.52. The molecule has 0 bridgehead atoms. The monoisotopic (exact) mass is 360 g/mol. The van der Waals surface area contributed by atoms with Crippen LogP contribution in [0.15, 0.2) is 16.6 Å². The van der Waals surface area contributed by atoms with E-state index in [1.807, 2.05) is 0 Å². The molecule has 0 radical (unpaired) electrons. The predicted molar refractivity (Wildman–Crippen MR) is 85.9 cm³/mol. The van der Waals surface area contributed by atoms with Crippen molar-refractivity contribution in [2.75, 3.05) is 5.88 Å². The highest BCUT2D eigenvalue weighted by molar-refractivity contribution is 9.10. The molecule has 1 aromatic heterocycles. The first-order valence-corrected chi connectivity index (χ1v) is 8.05. The third kappa shape index (κ3) is 3.53. The van der Waals surface area contributed by atoms with Gasteiger partial charge < -0.3 is 4.57 Å². The van der Waals surface area contributed by atoms with Gasteiger partial charge in [-0.05, 0) is 33.8 Å². The fraction of sp³-hybridized carbons (Fsp3) is 0.533. The Labute approximate surface area is 132 Å². The molecule has 20 heavy (non-hydrogen) atoms. The van der Waals surface area contributed by atoms with Gasteiger partial charge in [0.05, 0.1) is 15.5 Å². The number of nitrogens with zero attached hydrogens (tertiary/aromatic N) is 2. The summed E-state index contributed by atoms with van der Waals surface area (Å²) in [6.45, 7) is 7.50. The zero-order valence-electron chi connectivity index (χ0n) is 12.0. The van der Waals surface area contributed by atoms with Crippen LogP contribution in [0.1, 0.15) is 33.0 Å². The molecule has 0 atom stereocenters. The van der Waals surface area contributed by atoms with Gasteiger partial charge in [-0.2, -0.15) is 0 Å². The van der Waals surface area contributed by atoms with Crippen LogP contribution in [-0.2, 0) is 13.0 Å². The van der Waals surface area contributed by atoms with Crippen molar-refractivity contribution in [3.63, 3.8) is 0 Å². The molecule has 0 amide bonds. The summed E-state index contributed by atoms with van der Waals surface area (Å²) in [5.74, 6) is 1.16. The van der Waals surface area contributed by atoms with Crippen molar-refractivity contribution < 1.29 is 4.39 Å². The van der Waals surface area contributed by atoms with Gasteiger partial charge in [0, 0.05) is 24.9 Å². The number of rotatable bonds is 4. The van der Waals surface area contributed by atoms with Gasteiger partial charge in [0.25, 0.3) is 0 Å². The normalized spacial score (nSPS) is 12.3. The van der Waals surface area contributed by atoms with Crippen LogP contribution in [0, 0.1) is 11.2 Å². The van der Waals surface area contributed by atoms with Crippen LogP contribution in [-0.4, -0.2) is 15.4 Å². The molecular formula is C15H19BrClFN2. The fourth-order valence-corrected chi connectivity index (χ4v) is 2.64. The van der Waals surface area contributed by atoms with Crippen LogP contribution in [0.5, 0.6) is 0 Å². The van der Waals surface area contributed by atoms with E-state index in [0.29, 0.717) is 22.3 Å². The molecule has 110 valence electrons. The van der Waals surface area contributed by atoms with Crippen LogP contribution in [0.3, 0.4) is 0 Å². The van der Waals surface area contributed by atoms with Crippen molar-refractivity contribution in [1.82, 2.24) is 9.55 Å². The standard InChI is InChI=1S/C15H19BrClFN2/c1-15(2,3)5-7-20-13-8-10(16)11(18)9-12(13)19-14(20)4-6-17/h8-9H,4-7H2,1-3H3. The van der Waals surface area contributed by atoms with E-state index < -0.39 is 0 Å². The van der Waals surface area contributed by atoms with E-state index in [-0.39, 0.29) is 11.2 Å². The number of aromatic nitrogens is 2. The highest BCUT2D eigenvalue weighted by atomic mass is 79.9. The molecule has 0 N–H and O–H groups in total. The molecule has 2 nitrogen and oxygen atoms in total. The van der Waals surface area contributed by atoms with Gasteiger partial charge in [-0.1, -0.05) is 20.8 Å². The predicted octanol–water partition coefficient (Wildman–Crippen LogP) is 5.16. The number of benzene rings is 1. The average Bonchev–Trinajstić information content (AvgIpc) is 2.64. The van der Waals surface area contributed by atoms with Gasteiger partial charge in [-0.25, -0.2) is 9.37 Å². The second-order valence-corrected chi connectivity index (χ2v) is 7.42. The van der Waals surface area contributed by atoms with Gasteiger partial charge >= 0.3 is 0 Å². The first kappa shape index (κ1) is 15.8. The van der Waals surface area contributed by atoms with Gasteiger partial charge in [-0.15, -0.1) is 11.6 Å². The third-order valence-corrected chi connectivity index (χ3v) is 4.07. The van der Waals surface area contributed by atoms with Gasteiger partial charge in [0.1, 0.15) is 11.6 Å². The number of fused-ring (bicyclic) bond motifs is 1. The Hall–Kier alpha value is -0.610. The summed E-state index contributed by atoms with van der Waals surface area (Å²) in [7, 11) is 0. The highest BCUT2D eigenvalue weighted by Gasteiger charge is 2.16. The Morgan fingerprint density at radius 1 is 1.35 bits per heavy atom. The minimum atomic E-state index is -0.282. The molecule has 0 aliphatic heterocycles. The molecule has 0 saturated carbocycles. The Balaban J connectivity index is 2.47. The number of imidazole rings is 1. The van der Waals surface area contributed by atoms with Crippen molar-refractivity contribution in [3.05, 3.63) is 28.2 Å². The second kappa shape index (κ2) is 6.02. The first-order valence-electron chi connectivity index (χ1n) is 6.72. The lowest BCUT2D eigenvalue weighted by Gasteiger charge is -2.19. The lowest BCUT2D eigenvalue weighted by atomic mass is 9.92. The maximum Gasteiger partial charge on any atom is 0.139 e. The second-order valence-electron chi connectivity index (χ2n) is 6.18. The topological polar surface area (TPSA) is 17.8 Å². The largest absolute Gasteiger partial charge is 0.328 e. The highest BCUT2D eigenvalue weighted by Crippen LogP contribution is 2.27. The summed E-state index contributed by atoms with van der Waals surface area (Å²) in [6.07, 6.45) is 1.72. The SMILES string of the molecule is CC(C)(C)CCn1c(CCCl)nc2cc(F)c(Br)cc21. The minimum Gasteiger partial charge on any atom is -0.328 e. The van der Waals surface area contributed by atoms with E-state index >= 15 is 0 Å². The molecule has 1 heterocycles. The average molecular weight is 362 g/mol. The Morgan fingerprint density at radius 2 is 2.05 bits per heavy atom. The van der Waals surface area contributed by atoms with Crippen molar-refractivity contribution in [2.24, 2.45) is 5.41 Å². The molecule has 0 saturated heterocycles. The van der Waals surface area contributed by atoms with E-state index in [9.17, 15) is 4.39 Å². The molecular weight excluding hydrogens is 343 g/mol. The third-order valence-electron chi connectivity index (χ3n) is 3.27. The summed E-state index contributed by atoms with van der Waals surface area (Å²) in [6, 6.07) is 3.28. The number of halogens is 3. The van der Waals surface area contributed by atoms with Crippen LogP contribution in [0.4, 0.5) is 4.39 Å². The van der Waals surface area contributed by atoms with E-state index in [1.165, 1.54) is 6.07 Å². The maximum atomic E-state index is 13.6. The molecule has 0 aliphatic carbocycles. The van der Waals surface area contributed by atoms with E-state index in [2.05, 4.69) is 46.3 Å². The van der Waals surface area contributed by atoms with Gasteiger partial charge in [0.15, 0.2) is 0 Å². The molecule has 0 aliphatic rings. The molecule has 5 heteroatoms. The zero-order chi connectivity index (χ0) is 14.9. The van der Waals surface area contributed by atoms with Crippen LogP contribution >= 0.6 is 27.5 Å². The van der Waals surface area contributed by atoms with Crippen molar-refractivity contribution in [1.29, 1.82) is 0 Å². The number of hydrogen-bond donors (Lipinski definition) is 0. The fourth-order valence-electron chi connectivity index (χ4n) is 2.14. The summed E-state index contributed by atoms with van der Waals surface area (Å²) >= 11 is 9.10. The minimum absolute atomic E-state index is 0.242. The Bertz CT molecular complexity index is 616. The number of aryl methyl sites for hydroxylation is 2. The van der Waals surface area contributed by atoms with Crippen LogP contribution in [0.2, 0.25) is 0 Å².